The summed E-state index contributed by atoms with van der Waals surface area (Å²) < 4.78 is 0. The predicted octanol–water partition coefficient (Wildman–Crippen LogP) is 2.25. The van der Waals surface area contributed by atoms with Gasteiger partial charge in [0.2, 0.25) is 0 Å². The molecule has 1 aromatic rings. The molecule has 1 saturated heterocycles. The van der Waals surface area contributed by atoms with Crippen molar-refractivity contribution in [3.63, 3.8) is 0 Å². The Bertz CT molecular complexity index is 507. The molecule has 2 amide bonds. The summed E-state index contributed by atoms with van der Waals surface area (Å²) in [5.41, 5.74) is 5.23. The van der Waals surface area contributed by atoms with Gasteiger partial charge < -0.3 is 10.6 Å². The van der Waals surface area contributed by atoms with E-state index in [1.54, 1.807) is 12.1 Å². The van der Waals surface area contributed by atoms with Gasteiger partial charge in [-0.05, 0) is 43.7 Å². The van der Waals surface area contributed by atoms with Crippen molar-refractivity contribution in [3.05, 3.63) is 21.9 Å². The minimum absolute atomic E-state index is 0.0758. The van der Waals surface area contributed by atoms with E-state index < -0.39 is 5.91 Å². The topological polar surface area (TPSA) is 63.4 Å². The molecule has 3 rings (SSSR count). The van der Waals surface area contributed by atoms with Gasteiger partial charge in [-0.25, -0.2) is 0 Å². The molecule has 1 atom stereocenters. The van der Waals surface area contributed by atoms with E-state index in [2.05, 4.69) is 0 Å². The van der Waals surface area contributed by atoms with Gasteiger partial charge >= 0.3 is 0 Å². The Morgan fingerprint density at radius 2 is 1.89 bits per heavy atom. The van der Waals surface area contributed by atoms with E-state index >= 15 is 0 Å². The van der Waals surface area contributed by atoms with Gasteiger partial charge in [-0.3, -0.25) is 9.59 Å². The van der Waals surface area contributed by atoms with Crippen LogP contribution in [0.25, 0.3) is 0 Å². The Balaban J connectivity index is 1.76. The van der Waals surface area contributed by atoms with Crippen LogP contribution in [-0.4, -0.2) is 29.3 Å². The second-order valence-corrected chi connectivity index (χ2v) is 6.51. The maximum atomic E-state index is 12.5. The van der Waals surface area contributed by atoms with E-state index in [9.17, 15) is 9.59 Å². The van der Waals surface area contributed by atoms with Crippen molar-refractivity contribution >= 4 is 23.2 Å². The van der Waals surface area contributed by atoms with Gasteiger partial charge in [-0.15, -0.1) is 11.3 Å². The van der Waals surface area contributed by atoms with E-state index in [1.165, 1.54) is 30.6 Å². The molecule has 19 heavy (non-hydrogen) atoms. The van der Waals surface area contributed by atoms with Crippen molar-refractivity contribution in [2.75, 3.05) is 6.54 Å². The standard InChI is InChI=1S/C14H18N2O2S/c15-13(17)11-6-7-12(19-11)14(18)16-8-2-5-10(16)9-3-1-4-9/h6-7,9-10H,1-5,8H2,(H2,15,17). The third kappa shape index (κ3) is 2.27. The molecular formula is C14H18N2O2S. The quantitative estimate of drug-likeness (QED) is 0.921. The lowest BCUT2D eigenvalue weighted by molar-refractivity contribution is 0.0631. The van der Waals surface area contributed by atoms with E-state index in [0.29, 0.717) is 21.7 Å². The van der Waals surface area contributed by atoms with Crippen LogP contribution in [0.2, 0.25) is 0 Å². The predicted molar refractivity (Wildman–Crippen MR) is 74.2 cm³/mol. The monoisotopic (exact) mass is 278 g/mol. The summed E-state index contributed by atoms with van der Waals surface area (Å²) in [6.07, 6.45) is 6.04. The van der Waals surface area contributed by atoms with E-state index in [1.807, 2.05) is 4.90 Å². The number of rotatable bonds is 3. The smallest absolute Gasteiger partial charge is 0.264 e. The summed E-state index contributed by atoms with van der Waals surface area (Å²) in [7, 11) is 0. The number of nitrogens with zero attached hydrogens (tertiary/aromatic N) is 1. The Hall–Kier alpha value is -1.36. The molecule has 102 valence electrons. The summed E-state index contributed by atoms with van der Waals surface area (Å²) in [5.74, 6) is 0.315. The molecule has 2 aliphatic rings. The SMILES string of the molecule is NC(=O)c1ccc(C(=O)N2CCCC2C2CCC2)s1. The maximum absolute atomic E-state index is 12.5. The maximum Gasteiger partial charge on any atom is 0.264 e. The molecule has 2 fully saturated rings. The zero-order valence-electron chi connectivity index (χ0n) is 10.8. The molecule has 0 bridgehead atoms. The van der Waals surface area contributed by atoms with Crippen molar-refractivity contribution in [1.82, 2.24) is 4.90 Å². The number of thiophene rings is 1. The highest BCUT2D eigenvalue weighted by molar-refractivity contribution is 7.15. The summed E-state index contributed by atoms with van der Waals surface area (Å²) in [6.45, 7) is 0.851. The van der Waals surface area contributed by atoms with Crippen LogP contribution in [0.4, 0.5) is 0 Å². The first-order chi connectivity index (χ1) is 9.16. The average molecular weight is 278 g/mol. The summed E-state index contributed by atoms with van der Waals surface area (Å²) in [5, 5.41) is 0. The largest absolute Gasteiger partial charge is 0.365 e. The Morgan fingerprint density at radius 3 is 2.47 bits per heavy atom. The second-order valence-electron chi connectivity index (χ2n) is 5.43. The number of amides is 2. The Kier molecular flexibility index (Phi) is 3.31. The van der Waals surface area contributed by atoms with Gasteiger partial charge in [0.1, 0.15) is 0 Å². The third-order valence-corrected chi connectivity index (χ3v) is 5.40. The fraction of sp³-hybridized carbons (Fsp3) is 0.571. The van der Waals surface area contributed by atoms with Crippen molar-refractivity contribution in [2.45, 2.75) is 38.1 Å². The molecule has 2 heterocycles. The highest BCUT2D eigenvalue weighted by atomic mass is 32.1. The molecule has 0 aromatic carbocycles. The molecule has 2 N–H and O–H groups in total. The van der Waals surface area contributed by atoms with Crippen LogP contribution in [0.5, 0.6) is 0 Å². The van der Waals surface area contributed by atoms with Gasteiger partial charge in [-0.1, -0.05) is 6.42 Å². The van der Waals surface area contributed by atoms with E-state index in [0.717, 1.165) is 19.4 Å². The van der Waals surface area contributed by atoms with Crippen LogP contribution in [0.15, 0.2) is 12.1 Å². The Labute approximate surface area is 116 Å². The van der Waals surface area contributed by atoms with Gasteiger partial charge in [0.05, 0.1) is 9.75 Å². The second kappa shape index (κ2) is 4.96. The molecule has 1 unspecified atom stereocenters. The number of primary amides is 1. The molecule has 1 aliphatic carbocycles. The number of carbonyl (C=O) groups excluding carboxylic acids is 2. The first kappa shape index (κ1) is 12.7. The molecule has 5 heteroatoms. The van der Waals surface area contributed by atoms with E-state index in [-0.39, 0.29) is 5.91 Å². The van der Waals surface area contributed by atoms with Crippen molar-refractivity contribution in [2.24, 2.45) is 11.7 Å². The molecule has 0 radical (unpaired) electrons. The number of carbonyl (C=O) groups is 2. The van der Waals surface area contributed by atoms with Gasteiger partial charge in [0.15, 0.2) is 0 Å². The van der Waals surface area contributed by atoms with Crippen molar-refractivity contribution in [1.29, 1.82) is 0 Å². The normalized spacial score (nSPS) is 23.4. The molecule has 0 spiro atoms. The molecule has 1 aliphatic heterocycles. The van der Waals surface area contributed by atoms with Gasteiger partial charge in [-0.2, -0.15) is 0 Å². The summed E-state index contributed by atoms with van der Waals surface area (Å²) in [4.78, 5) is 26.7. The number of hydrogen-bond donors (Lipinski definition) is 1. The lowest BCUT2D eigenvalue weighted by atomic mass is 9.79. The van der Waals surface area contributed by atoms with Crippen LogP contribution in [0, 0.1) is 5.92 Å². The molecule has 4 nitrogen and oxygen atoms in total. The van der Waals surface area contributed by atoms with Crippen LogP contribution in [0.3, 0.4) is 0 Å². The number of nitrogens with two attached hydrogens (primary N) is 1. The van der Waals surface area contributed by atoms with Crippen LogP contribution >= 0.6 is 11.3 Å². The average Bonchev–Trinajstić information content (AvgIpc) is 2.94. The van der Waals surface area contributed by atoms with Crippen LogP contribution in [-0.2, 0) is 0 Å². The summed E-state index contributed by atoms with van der Waals surface area (Å²) in [6, 6.07) is 3.79. The highest BCUT2D eigenvalue weighted by Crippen LogP contribution is 2.38. The summed E-state index contributed by atoms with van der Waals surface area (Å²) >= 11 is 1.21. The molecular weight excluding hydrogens is 260 g/mol. The fourth-order valence-corrected chi connectivity index (χ4v) is 3.90. The van der Waals surface area contributed by atoms with E-state index in [4.69, 9.17) is 5.73 Å². The third-order valence-electron chi connectivity index (χ3n) is 4.31. The van der Waals surface area contributed by atoms with Gasteiger partial charge in [0.25, 0.3) is 11.8 Å². The van der Waals surface area contributed by atoms with Crippen LogP contribution in [0.1, 0.15) is 51.4 Å². The lowest BCUT2D eigenvalue weighted by Gasteiger charge is -2.36. The first-order valence-corrected chi connectivity index (χ1v) is 7.69. The first-order valence-electron chi connectivity index (χ1n) is 6.87. The van der Waals surface area contributed by atoms with Gasteiger partial charge in [0, 0.05) is 12.6 Å². The molecule has 1 aromatic heterocycles. The number of hydrogen-bond acceptors (Lipinski definition) is 3. The number of likely N-dealkylation sites (tertiary alicyclic amines) is 1. The van der Waals surface area contributed by atoms with Crippen LogP contribution < -0.4 is 5.73 Å². The molecule has 1 saturated carbocycles. The minimum Gasteiger partial charge on any atom is -0.365 e. The zero-order valence-corrected chi connectivity index (χ0v) is 11.6. The fourth-order valence-electron chi connectivity index (χ4n) is 3.09. The van der Waals surface area contributed by atoms with Crippen molar-refractivity contribution < 1.29 is 9.59 Å². The highest BCUT2D eigenvalue weighted by Gasteiger charge is 2.37. The Morgan fingerprint density at radius 1 is 1.16 bits per heavy atom. The van der Waals surface area contributed by atoms with Crippen molar-refractivity contribution in [3.8, 4) is 0 Å². The minimum atomic E-state index is -0.457. The lowest BCUT2D eigenvalue weighted by Crippen LogP contribution is -2.42. The zero-order chi connectivity index (χ0) is 13.4.